The first kappa shape index (κ1) is 11.9. The van der Waals surface area contributed by atoms with E-state index in [1.807, 2.05) is 24.3 Å². The van der Waals surface area contributed by atoms with Gasteiger partial charge in [-0.25, -0.2) is 9.97 Å². The van der Waals surface area contributed by atoms with E-state index < -0.39 is 0 Å². The smallest absolute Gasteiger partial charge is 0.195 e. The largest absolute Gasteiger partial charge is 0.384 e. The molecule has 2 aromatic rings. The maximum absolute atomic E-state index is 5.64. The van der Waals surface area contributed by atoms with Gasteiger partial charge in [0.1, 0.15) is 10.4 Å². The minimum Gasteiger partial charge on any atom is -0.384 e. The fraction of sp³-hybridized carbons (Fsp3) is 0. The van der Waals surface area contributed by atoms with E-state index in [1.54, 1.807) is 6.07 Å². The Morgan fingerprint density at radius 3 is 2.38 bits per heavy atom. The van der Waals surface area contributed by atoms with Gasteiger partial charge in [0, 0.05) is 15.4 Å². The third kappa shape index (κ3) is 3.20. The summed E-state index contributed by atoms with van der Waals surface area (Å²) < 4.78 is 1.74. The topological polar surface area (TPSA) is 51.8 Å². The average molecular weight is 361 g/mol. The Labute approximate surface area is 114 Å². The van der Waals surface area contributed by atoms with Gasteiger partial charge in [-0.15, -0.1) is 0 Å². The van der Waals surface area contributed by atoms with Gasteiger partial charge in [0.2, 0.25) is 0 Å². The van der Waals surface area contributed by atoms with Crippen LogP contribution in [0.2, 0.25) is 0 Å². The van der Waals surface area contributed by atoms with Crippen LogP contribution in [0.25, 0.3) is 0 Å². The molecule has 82 valence electrons. The van der Waals surface area contributed by atoms with Gasteiger partial charge in [0.15, 0.2) is 5.16 Å². The lowest BCUT2D eigenvalue weighted by Gasteiger charge is -2.02. The van der Waals surface area contributed by atoms with Crippen LogP contribution in [0.15, 0.2) is 49.5 Å². The van der Waals surface area contributed by atoms with Gasteiger partial charge in [0.25, 0.3) is 0 Å². The van der Waals surface area contributed by atoms with Crippen molar-refractivity contribution in [1.29, 1.82) is 0 Å². The number of nitrogen functional groups attached to an aromatic ring is 1. The first-order chi connectivity index (χ1) is 7.63. The van der Waals surface area contributed by atoms with Crippen molar-refractivity contribution < 1.29 is 0 Å². The number of halogens is 2. The normalized spacial score (nSPS) is 10.4. The van der Waals surface area contributed by atoms with E-state index in [4.69, 9.17) is 5.73 Å². The van der Waals surface area contributed by atoms with Crippen LogP contribution >= 0.6 is 43.6 Å². The minimum absolute atomic E-state index is 0.460. The summed E-state index contributed by atoms with van der Waals surface area (Å²) in [4.78, 5) is 9.44. The lowest BCUT2D eigenvalue weighted by Crippen LogP contribution is -1.94. The van der Waals surface area contributed by atoms with Crippen LogP contribution in [0.5, 0.6) is 0 Å². The number of benzene rings is 1. The van der Waals surface area contributed by atoms with E-state index in [1.165, 1.54) is 11.8 Å². The van der Waals surface area contributed by atoms with E-state index in [0.29, 0.717) is 15.6 Å². The molecular weight excluding hydrogens is 354 g/mol. The number of hydrogen-bond donors (Lipinski definition) is 1. The van der Waals surface area contributed by atoms with Gasteiger partial charge in [-0.2, -0.15) is 0 Å². The van der Waals surface area contributed by atoms with Crippen LogP contribution in [0.3, 0.4) is 0 Å². The molecule has 0 aliphatic carbocycles. The molecule has 0 aliphatic rings. The summed E-state index contributed by atoms with van der Waals surface area (Å²) in [6.07, 6.45) is 0. The molecule has 2 N–H and O–H groups in total. The van der Waals surface area contributed by atoms with Crippen LogP contribution < -0.4 is 5.73 Å². The standard InChI is InChI=1S/C10H7Br2N3S/c11-6-1-3-7(4-2-6)16-10-14-8(12)5-9(13)15-10/h1-5H,(H2,13,14,15). The van der Waals surface area contributed by atoms with Gasteiger partial charge in [0.05, 0.1) is 0 Å². The summed E-state index contributed by atoms with van der Waals surface area (Å²) in [5, 5.41) is 0.634. The molecule has 0 radical (unpaired) electrons. The summed E-state index contributed by atoms with van der Waals surface area (Å²) in [6, 6.07) is 9.61. The van der Waals surface area contributed by atoms with Gasteiger partial charge < -0.3 is 5.73 Å². The van der Waals surface area contributed by atoms with E-state index in [0.717, 1.165) is 9.37 Å². The highest BCUT2D eigenvalue weighted by Gasteiger charge is 2.03. The van der Waals surface area contributed by atoms with Crippen LogP contribution in [0.4, 0.5) is 5.82 Å². The SMILES string of the molecule is Nc1cc(Br)nc(Sc2ccc(Br)cc2)n1. The fourth-order valence-corrected chi connectivity index (χ4v) is 2.63. The Balaban J connectivity index is 2.23. The van der Waals surface area contributed by atoms with Crippen molar-refractivity contribution in [2.24, 2.45) is 0 Å². The Hall–Kier alpha value is -0.590. The van der Waals surface area contributed by atoms with Crippen molar-refractivity contribution in [2.75, 3.05) is 5.73 Å². The van der Waals surface area contributed by atoms with Crippen LogP contribution in [-0.2, 0) is 0 Å². The maximum atomic E-state index is 5.64. The van der Waals surface area contributed by atoms with E-state index >= 15 is 0 Å². The lowest BCUT2D eigenvalue weighted by molar-refractivity contribution is 0.957. The van der Waals surface area contributed by atoms with E-state index in [2.05, 4.69) is 41.8 Å². The molecule has 0 saturated carbocycles. The predicted octanol–water partition coefficient (Wildman–Crippen LogP) is 3.74. The molecule has 0 bridgehead atoms. The summed E-state index contributed by atoms with van der Waals surface area (Å²) in [7, 11) is 0. The van der Waals surface area contributed by atoms with E-state index in [9.17, 15) is 0 Å². The van der Waals surface area contributed by atoms with Crippen molar-refractivity contribution in [3.63, 3.8) is 0 Å². The molecule has 1 aromatic heterocycles. The predicted molar refractivity (Wildman–Crippen MR) is 72.4 cm³/mol. The molecular formula is C10H7Br2N3S. The highest BCUT2D eigenvalue weighted by atomic mass is 79.9. The molecule has 0 amide bonds. The number of nitrogens with zero attached hydrogens (tertiary/aromatic N) is 2. The van der Waals surface area contributed by atoms with Gasteiger partial charge in [-0.1, -0.05) is 15.9 Å². The third-order valence-electron chi connectivity index (χ3n) is 1.72. The second-order valence-electron chi connectivity index (χ2n) is 2.95. The quantitative estimate of drug-likeness (QED) is 0.654. The molecule has 3 nitrogen and oxygen atoms in total. The minimum atomic E-state index is 0.460. The van der Waals surface area contributed by atoms with Crippen molar-refractivity contribution in [3.8, 4) is 0 Å². The first-order valence-corrected chi connectivity index (χ1v) is 6.77. The Morgan fingerprint density at radius 2 is 1.75 bits per heavy atom. The van der Waals surface area contributed by atoms with Gasteiger partial charge >= 0.3 is 0 Å². The Kier molecular flexibility index (Phi) is 3.83. The Bertz CT molecular complexity index is 482. The van der Waals surface area contributed by atoms with Gasteiger partial charge in [-0.3, -0.25) is 0 Å². The molecule has 16 heavy (non-hydrogen) atoms. The number of aromatic nitrogens is 2. The zero-order valence-electron chi connectivity index (χ0n) is 8.02. The average Bonchev–Trinajstić information content (AvgIpc) is 2.20. The molecule has 1 heterocycles. The summed E-state index contributed by atoms with van der Waals surface area (Å²) in [5.74, 6) is 0.460. The summed E-state index contributed by atoms with van der Waals surface area (Å²) >= 11 is 8.14. The number of anilines is 1. The number of hydrogen-bond acceptors (Lipinski definition) is 4. The molecule has 0 atom stereocenters. The molecule has 1 aromatic carbocycles. The van der Waals surface area contributed by atoms with Crippen LogP contribution in [0, 0.1) is 0 Å². The molecule has 0 spiro atoms. The molecule has 0 aliphatic heterocycles. The zero-order valence-corrected chi connectivity index (χ0v) is 12.0. The molecule has 6 heteroatoms. The van der Waals surface area contributed by atoms with Crippen molar-refractivity contribution in [2.45, 2.75) is 10.1 Å². The summed E-state index contributed by atoms with van der Waals surface area (Å²) in [6.45, 7) is 0. The van der Waals surface area contributed by atoms with Gasteiger partial charge in [-0.05, 0) is 52.0 Å². The van der Waals surface area contributed by atoms with Crippen LogP contribution in [0.1, 0.15) is 0 Å². The molecule has 0 saturated heterocycles. The van der Waals surface area contributed by atoms with Crippen molar-refractivity contribution in [3.05, 3.63) is 39.4 Å². The lowest BCUT2D eigenvalue weighted by atomic mass is 10.4. The van der Waals surface area contributed by atoms with E-state index in [-0.39, 0.29) is 0 Å². The van der Waals surface area contributed by atoms with Crippen molar-refractivity contribution >= 4 is 49.4 Å². The summed E-state index contributed by atoms with van der Waals surface area (Å²) in [5.41, 5.74) is 5.64. The maximum Gasteiger partial charge on any atom is 0.195 e. The zero-order chi connectivity index (χ0) is 11.5. The highest BCUT2D eigenvalue weighted by Crippen LogP contribution is 2.27. The third-order valence-corrected chi connectivity index (χ3v) is 3.52. The molecule has 0 fully saturated rings. The van der Waals surface area contributed by atoms with Crippen LogP contribution in [-0.4, -0.2) is 9.97 Å². The number of rotatable bonds is 2. The second-order valence-corrected chi connectivity index (χ2v) is 5.72. The second kappa shape index (κ2) is 5.16. The number of nitrogens with two attached hydrogens (primary N) is 1. The monoisotopic (exact) mass is 359 g/mol. The fourth-order valence-electron chi connectivity index (χ4n) is 1.07. The molecule has 2 rings (SSSR count). The highest BCUT2D eigenvalue weighted by molar-refractivity contribution is 9.10. The first-order valence-electron chi connectivity index (χ1n) is 4.37. The van der Waals surface area contributed by atoms with Crippen molar-refractivity contribution in [1.82, 2.24) is 9.97 Å². The molecule has 0 unspecified atom stereocenters. The Morgan fingerprint density at radius 1 is 1.06 bits per heavy atom.